The number of benzene rings is 9. The van der Waals surface area contributed by atoms with Gasteiger partial charge in [0.2, 0.25) is 0 Å². The van der Waals surface area contributed by atoms with E-state index in [0.717, 1.165) is 22.7 Å². The fraction of sp³-hybridized carbons (Fsp3) is 0.119. The molecule has 0 fully saturated rings. The molecule has 3 nitrogen and oxygen atoms in total. The van der Waals surface area contributed by atoms with Gasteiger partial charge in [-0.1, -0.05) is 111 Å². The molecule has 0 bridgehead atoms. The Bertz CT molecular complexity index is 3180. The highest BCUT2D eigenvalue weighted by Crippen LogP contribution is 2.45. The van der Waals surface area contributed by atoms with Crippen molar-refractivity contribution in [2.24, 2.45) is 0 Å². The van der Waals surface area contributed by atoms with Gasteiger partial charge in [-0.2, -0.15) is 0 Å². The standard InChI is InChI=1S/C54H41N3.C3H6.C2H6/c1-34-18-20-36(3)50(26-34)55(42-12-7-5-8-13-42)44-24-22-38-30-48-46-16-11-17-47-49-31-39-23-25-45(29-41(39)33-53(49)57(54(46)47)52(48)32-40(38)28-44)56(43-14-9-6-10-15-43)51-27-35(2)19-21-37(51)4;1-3-2;1-2/h5-33H,1-4H3;3H,1H2,2H3;1-2H3. The first-order chi connectivity index (χ1) is 30.3. The van der Waals surface area contributed by atoms with E-state index in [1.54, 1.807) is 6.08 Å². The van der Waals surface area contributed by atoms with E-state index in [2.05, 4.69) is 224 Å². The highest BCUT2D eigenvalue weighted by Gasteiger charge is 2.21. The lowest BCUT2D eigenvalue weighted by Crippen LogP contribution is -2.11. The molecule has 0 radical (unpaired) electrons. The second-order valence-electron chi connectivity index (χ2n) is 16.2. The summed E-state index contributed by atoms with van der Waals surface area (Å²) in [5.41, 5.74) is 15.7. The van der Waals surface area contributed by atoms with Crippen LogP contribution >= 0.6 is 0 Å². The lowest BCUT2D eigenvalue weighted by molar-refractivity contribution is 1.24. The van der Waals surface area contributed by atoms with Gasteiger partial charge in [-0.15, -0.1) is 6.58 Å². The maximum atomic E-state index is 3.36. The third-order valence-corrected chi connectivity index (χ3v) is 12.0. The predicted molar refractivity (Wildman–Crippen MR) is 272 cm³/mol. The Labute approximate surface area is 365 Å². The number of hydrogen-bond donors (Lipinski definition) is 0. The van der Waals surface area contributed by atoms with Gasteiger partial charge in [0.15, 0.2) is 0 Å². The molecule has 62 heavy (non-hydrogen) atoms. The molecule has 0 aliphatic carbocycles. The minimum atomic E-state index is 1.14. The Morgan fingerprint density at radius 2 is 0.823 bits per heavy atom. The van der Waals surface area contributed by atoms with Gasteiger partial charge < -0.3 is 14.2 Å². The van der Waals surface area contributed by atoms with Crippen LogP contribution in [0, 0.1) is 27.7 Å². The van der Waals surface area contributed by atoms with Gasteiger partial charge in [-0.05, 0) is 163 Å². The fourth-order valence-corrected chi connectivity index (χ4v) is 9.14. The Balaban J connectivity index is 0.000000942. The first kappa shape index (κ1) is 40.1. The molecule has 2 heterocycles. The minimum absolute atomic E-state index is 1.14. The molecule has 9 aromatic carbocycles. The smallest absolute Gasteiger partial charge is 0.0620 e. The molecule has 0 N–H and O–H groups in total. The summed E-state index contributed by atoms with van der Waals surface area (Å²) in [6.45, 7) is 18.0. The van der Waals surface area contributed by atoms with E-state index in [1.807, 2.05) is 20.8 Å². The predicted octanol–water partition coefficient (Wildman–Crippen LogP) is 17.5. The molecule has 0 amide bonds. The Morgan fingerprint density at radius 1 is 0.403 bits per heavy atom. The van der Waals surface area contributed by atoms with Crippen LogP contribution in [0.2, 0.25) is 0 Å². The largest absolute Gasteiger partial charge is 0.310 e. The van der Waals surface area contributed by atoms with Crippen molar-refractivity contribution >= 4 is 93.8 Å². The van der Waals surface area contributed by atoms with Crippen LogP contribution in [0.3, 0.4) is 0 Å². The first-order valence-electron chi connectivity index (χ1n) is 21.8. The topological polar surface area (TPSA) is 10.9 Å². The van der Waals surface area contributed by atoms with Crippen LogP contribution in [0.25, 0.3) is 59.6 Å². The Morgan fingerprint density at radius 3 is 1.24 bits per heavy atom. The van der Waals surface area contributed by atoms with Crippen molar-refractivity contribution in [3.05, 3.63) is 211 Å². The van der Waals surface area contributed by atoms with E-state index in [1.165, 1.54) is 93.3 Å². The zero-order valence-electron chi connectivity index (χ0n) is 36.9. The van der Waals surface area contributed by atoms with Crippen LogP contribution in [-0.4, -0.2) is 4.40 Å². The zero-order valence-corrected chi connectivity index (χ0v) is 36.9. The monoisotopic (exact) mass is 803 g/mol. The van der Waals surface area contributed by atoms with Gasteiger partial charge in [0.05, 0.1) is 16.6 Å². The van der Waals surface area contributed by atoms with Crippen LogP contribution in [0.15, 0.2) is 189 Å². The summed E-state index contributed by atoms with van der Waals surface area (Å²) in [5, 5.41) is 10.1. The molecule has 304 valence electrons. The number of fused-ring (bicyclic) bond motifs is 8. The van der Waals surface area contributed by atoms with Crippen LogP contribution in [0.1, 0.15) is 43.0 Å². The number of hydrogen-bond acceptors (Lipinski definition) is 2. The molecular weight excluding hydrogens is 751 g/mol. The van der Waals surface area contributed by atoms with Crippen molar-refractivity contribution in [1.82, 2.24) is 4.40 Å². The van der Waals surface area contributed by atoms with E-state index in [-0.39, 0.29) is 0 Å². The van der Waals surface area contributed by atoms with E-state index >= 15 is 0 Å². The second kappa shape index (κ2) is 16.6. The molecule has 0 spiro atoms. The molecule has 0 atom stereocenters. The molecule has 11 aromatic rings. The number of anilines is 6. The molecule has 0 saturated carbocycles. The Kier molecular flexibility index (Phi) is 10.7. The summed E-state index contributed by atoms with van der Waals surface area (Å²) in [6.07, 6.45) is 1.75. The van der Waals surface area contributed by atoms with Gasteiger partial charge in [0.25, 0.3) is 0 Å². The molecule has 0 saturated heterocycles. The SMILES string of the molecule is C=CC.CC.Cc1ccc(C)c(N(c2ccccc2)c2ccc3cc4c5cccc6c7cc8ccc(N(c9ccccc9)c9cc(C)ccc9C)cc8cc7n(c4cc3c2)c56)c1. The molecule has 3 heteroatoms. The number of aryl methyl sites for hydroxylation is 4. The maximum Gasteiger partial charge on any atom is 0.0620 e. The molecule has 0 aliphatic heterocycles. The normalized spacial score (nSPS) is 11.2. The third kappa shape index (κ3) is 6.90. The van der Waals surface area contributed by atoms with Gasteiger partial charge >= 0.3 is 0 Å². The number of rotatable bonds is 6. The van der Waals surface area contributed by atoms with Crippen molar-refractivity contribution in [2.75, 3.05) is 9.80 Å². The lowest BCUT2D eigenvalue weighted by atomic mass is 10.0. The van der Waals surface area contributed by atoms with Crippen molar-refractivity contribution in [1.29, 1.82) is 0 Å². The average molecular weight is 804 g/mol. The second-order valence-corrected chi connectivity index (χ2v) is 16.2. The van der Waals surface area contributed by atoms with Crippen LogP contribution in [0.5, 0.6) is 0 Å². The highest BCUT2D eigenvalue weighted by atomic mass is 15.1. The van der Waals surface area contributed by atoms with Gasteiger partial charge in [-0.3, -0.25) is 0 Å². The number of aromatic nitrogens is 1. The van der Waals surface area contributed by atoms with Crippen molar-refractivity contribution in [2.45, 2.75) is 48.5 Å². The summed E-state index contributed by atoms with van der Waals surface area (Å²) in [5.74, 6) is 0. The number of nitrogens with zero attached hydrogens (tertiary/aromatic N) is 3. The summed E-state index contributed by atoms with van der Waals surface area (Å²) < 4.78 is 2.52. The van der Waals surface area contributed by atoms with Crippen molar-refractivity contribution in [3.63, 3.8) is 0 Å². The van der Waals surface area contributed by atoms with E-state index in [0.29, 0.717) is 0 Å². The number of para-hydroxylation sites is 3. The molecular formula is C59H53N3. The average Bonchev–Trinajstić information content (AvgIpc) is 3.80. The molecule has 11 rings (SSSR count). The van der Waals surface area contributed by atoms with E-state index in [4.69, 9.17) is 0 Å². The van der Waals surface area contributed by atoms with E-state index in [9.17, 15) is 0 Å². The summed E-state index contributed by atoms with van der Waals surface area (Å²) in [6, 6.07) is 65.2. The van der Waals surface area contributed by atoms with Crippen molar-refractivity contribution < 1.29 is 0 Å². The first-order valence-corrected chi connectivity index (χ1v) is 21.8. The highest BCUT2D eigenvalue weighted by molar-refractivity contribution is 6.26. The number of allylic oxidation sites excluding steroid dienone is 1. The molecule has 2 aromatic heterocycles. The van der Waals surface area contributed by atoms with Crippen molar-refractivity contribution in [3.8, 4) is 0 Å². The van der Waals surface area contributed by atoms with Crippen LogP contribution in [-0.2, 0) is 0 Å². The quantitative estimate of drug-likeness (QED) is 0.155. The fourth-order valence-electron chi connectivity index (χ4n) is 9.14. The summed E-state index contributed by atoms with van der Waals surface area (Å²) in [4.78, 5) is 4.79. The van der Waals surface area contributed by atoms with Gasteiger partial charge in [-0.25, -0.2) is 0 Å². The Hall–Kier alpha value is -7.36. The minimum Gasteiger partial charge on any atom is -0.310 e. The molecule has 0 aliphatic rings. The van der Waals surface area contributed by atoms with Crippen LogP contribution in [0.4, 0.5) is 34.1 Å². The summed E-state index contributed by atoms with van der Waals surface area (Å²) >= 11 is 0. The maximum absolute atomic E-state index is 3.36. The van der Waals surface area contributed by atoms with Gasteiger partial charge in [0, 0.05) is 55.7 Å². The third-order valence-electron chi connectivity index (χ3n) is 12.0. The van der Waals surface area contributed by atoms with Gasteiger partial charge in [0.1, 0.15) is 0 Å². The summed E-state index contributed by atoms with van der Waals surface area (Å²) in [7, 11) is 0. The zero-order chi connectivity index (χ0) is 43.1. The van der Waals surface area contributed by atoms with Crippen LogP contribution < -0.4 is 9.80 Å². The van der Waals surface area contributed by atoms with E-state index < -0.39 is 0 Å². The lowest BCUT2D eigenvalue weighted by Gasteiger charge is -2.27. The molecule has 0 unspecified atom stereocenters.